The molecule has 0 aromatic rings. The Hall–Kier alpha value is -3.38. The number of amides is 5. The number of nitrogens with one attached hydrogen (secondary N) is 4. The van der Waals surface area contributed by atoms with Crippen molar-refractivity contribution in [3.8, 4) is 0 Å². The van der Waals surface area contributed by atoms with Gasteiger partial charge in [0.2, 0.25) is 23.6 Å². The third-order valence-corrected chi connectivity index (χ3v) is 7.00. The van der Waals surface area contributed by atoms with Crippen molar-refractivity contribution in [3.05, 3.63) is 0 Å². The quantitative estimate of drug-likeness (QED) is 0.232. The fraction of sp³-hybridized carbons (Fsp3) is 0.793. The third kappa shape index (κ3) is 11.5. The number of carbonyl (C=O) groups is 6. The van der Waals surface area contributed by atoms with E-state index < -0.39 is 71.5 Å². The Kier molecular flexibility index (Phi) is 14.2. The lowest BCUT2D eigenvalue weighted by Gasteiger charge is -2.31. The molecule has 6 atom stereocenters. The molecule has 13 nitrogen and oxygen atoms in total. The molecule has 4 N–H and O–H groups in total. The van der Waals surface area contributed by atoms with E-state index in [-0.39, 0.29) is 11.8 Å². The summed E-state index contributed by atoms with van der Waals surface area (Å²) < 4.78 is 10.0. The molecule has 42 heavy (non-hydrogen) atoms. The highest BCUT2D eigenvalue weighted by molar-refractivity contribution is 5.96. The average Bonchev–Trinajstić information content (AvgIpc) is 3.38. The first kappa shape index (κ1) is 36.6. The highest BCUT2D eigenvalue weighted by atomic mass is 16.6. The van der Waals surface area contributed by atoms with Crippen LogP contribution >= 0.6 is 0 Å². The predicted octanol–water partition coefficient (Wildman–Crippen LogP) is 1.63. The zero-order chi connectivity index (χ0) is 32.4. The molecule has 240 valence electrons. The first-order valence-electron chi connectivity index (χ1n) is 14.7. The molecule has 1 aliphatic heterocycles. The van der Waals surface area contributed by atoms with E-state index >= 15 is 0 Å². The Labute approximate surface area is 249 Å². The predicted molar refractivity (Wildman–Crippen MR) is 156 cm³/mol. The van der Waals surface area contributed by atoms with Crippen LogP contribution in [0.3, 0.4) is 0 Å². The van der Waals surface area contributed by atoms with E-state index in [9.17, 15) is 28.8 Å². The van der Waals surface area contributed by atoms with Crippen LogP contribution in [0.25, 0.3) is 0 Å². The molecule has 0 bridgehead atoms. The summed E-state index contributed by atoms with van der Waals surface area (Å²) in [5.74, 6) is -2.74. The van der Waals surface area contributed by atoms with Crippen molar-refractivity contribution < 1.29 is 38.2 Å². The number of likely N-dealkylation sites (tertiary alicyclic amines) is 1. The highest BCUT2D eigenvalue weighted by Gasteiger charge is 2.39. The van der Waals surface area contributed by atoms with Gasteiger partial charge < -0.3 is 35.6 Å². The summed E-state index contributed by atoms with van der Waals surface area (Å²) in [6.07, 6.45) is 1.15. The van der Waals surface area contributed by atoms with Gasteiger partial charge in [0, 0.05) is 6.54 Å². The second kappa shape index (κ2) is 16.3. The number of esters is 1. The Morgan fingerprint density at radius 3 is 2.02 bits per heavy atom. The molecule has 0 aromatic heterocycles. The van der Waals surface area contributed by atoms with Crippen LogP contribution in [0.15, 0.2) is 0 Å². The molecule has 0 spiro atoms. The van der Waals surface area contributed by atoms with Crippen LogP contribution in [0.4, 0.5) is 4.79 Å². The molecule has 1 fully saturated rings. The van der Waals surface area contributed by atoms with Crippen LogP contribution in [-0.2, 0) is 33.4 Å². The van der Waals surface area contributed by atoms with Crippen LogP contribution in [0.1, 0.15) is 88.0 Å². The van der Waals surface area contributed by atoms with E-state index in [2.05, 4.69) is 21.3 Å². The largest absolute Gasteiger partial charge is 0.467 e. The smallest absolute Gasteiger partial charge is 0.408 e. The van der Waals surface area contributed by atoms with Crippen LogP contribution < -0.4 is 21.3 Å². The Morgan fingerprint density at radius 2 is 1.50 bits per heavy atom. The Bertz CT molecular complexity index is 980. The number of carbonyl (C=O) groups excluding carboxylic acids is 6. The number of hydrogen-bond donors (Lipinski definition) is 4. The van der Waals surface area contributed by atoms with Gasteiger partial charge in [0.1, 0.15) is 35.8 Å². The summed E-state index contributed by atoms with van der Waals surface area (Å²) in [6, 6.07) is -4.56. The van der Waals surface area contributed by atoms with Gasteiger partial charge in [-0.2, -0.15) is 0 Å². The number of hydrogen-bond acceptors (Lipinski definition) is 8. The second-order valence-electron chi connectivity index (χ2n) is 12.4. The van der Waals surface area contributed by atoms with Crippen molar-refractivity contribution in [1.29, 1.82) is 0 Å². The van der Waals surface area contributed by atoms with Crippen LogP contribution in [0.5, 0.6) is 0 Å². The molecule has 1 rings (SSSR count). The number of alkyl carbamates (subject to hydrolysis) is 1. The highest BCUT2D eigenvalue weighted by Crippen LogP contribution is 2.20. The molecule has 1 saturated heterocycles. The van der Waals surface area contributed by atoms with Gasteiger partial charge in [-0.1, -0.05) is 34.1 Å². The fourth-order valence-corrected chi connectivity index (χ4v) is 4.54. The molecule has 0 aliphatic carbocycles. The number of ether oxygens (including phenoxy) is 2. The van der Waals surface area contributed by atoms with Crippen molar-refractivity contribution in [3.63, 3.8) is 0 Å². The van der Waals surface area contributed by atoms with E-state index in [0.29, 0.717) is 32.2 Å². The van der Waals surface area contributed by atoms with Crippen molar-refractivity contribution in [2.75, 3.05) is 13.7 Å². The van der Waals surface area contributed by atoms with Gasteiger partial charge in [-0.15, -0.1) is 0 Å². The molecule has 0 radical (unpaired) electrons. The monoisotopic (exact) mass is 597 g/mol. The molecule has 13 heteroatoms. The maximum atomic E-state index is 13.4. The van der Waals surface area contributed by atoms with Gasteiger partial charge in [-0.3, -0.25) is 19.2 Å². The zero-order valence-corrected chi connectivity index (χ0v) is 26.8. The average molecular weight is 598 g/mol. The lowest BCUT2D eigenvalue weighted by Crippen LogP contribution is -2.59. The lowest BCUT2D eigenvalue weighted by atomic mass is 9.96. The fourth-order valence-electron chi connectivity index (χ4n) is 4.54. The van der Waals surface area contributed by atoms with Crippen molar-refractivity contribution in [2.45, 2.75) is 124 Å². The van der Waals surface area contributed by atoms with Gasteiger partial charge in [0.15, 0.2) is 0 Å². The van der Waals surface area contributed by atoms with Gasteiger partial charge in [0.25, 0.3) is 0 Å². The van der Waals surface area contributed by atoms with Crippen molar-refractivity contribution in [2.24, 2.45) is 11.8 Å². The molecule has 1 aliphatic rings. The number of methoxy groups -OCH3 is 1. The first-order chi connectivity index (χ1) is 19.4. The Morgan fingerprint density at radius 1 is 0.881 bits per heavy atom. The summed E-state index contributed by atoms with van der Waals surface area (Å²) >= 11 is 0. The van der Waals surface area contributed by atoms with E-state index in [1.807, 2.05) is 27.7 Å². The van der Waals surface area contributed by atoms with Crippen molar-refractivity contribution in [1.82, 2.24) is 26.2 Å². The molecule has 1 heterocycles. The first-order valence-corrected chi connectivity index (χ1v) is 14.7. The summed E-state index contributed by atoms with van der Waals surface area (Å²) in [4.78, 5) is 78.2. The summed E-state index contributed by atoms with van der Waals surface area (Å²) in [7, 11) is 1.25. The van der Waals surface area contributed by atoms with E-state index in [0.717, 1.165) is 0 Å². The third-order valence-electron chi connectivity index (χ3n) is 7.00. The van der Waals surface area contributed by atoms with Gasteiger partial charge >= 0.3 is 12.1 Å². The second-order valence-corrected chi connectivity index (χ2v) is 12.4. The van der Waals surface area contributed by atoms with Gasteiger partial charge in [0.05, 0.1) is 7.11 Å². The molecule has 0 unspecified atom stereocenters. The Balaban J connectivity index is 2.92. The molecule has 0 saturated carbocycles. The summed E-state index contributed by atoms with van der Waals surface area (Å²) in [6.45, 7) is 15.9. The summed E-state index contributed by atoms with van der Waals surface area (Å²) in [5.41, 5.74) is -0.735. The minimum absolute atomic E-state index is 0.114. The van der Waals surface area contributed by atoms with Crippen LogP contribution in [0.2, 0.25) is 0 Å². The molecular formula is C29H51N5O8. The molecule has 5 amide bonds. The van der Waals surface area contributed by atoms with Crippen LogP contribution in [-0.4, -0.2) is 90.1 Å². The minimum Gasteiger partial charge on any atom is -0.467 e. The molecule has 0 aromatic carbocycles. The minimum atomic E-state index is -0.973. The number of nitrogens with zero attached hydrogens (tertiary/aromatic N) is 1. The standard InChI is InChI=1S/C29H51N5O8/c1-11-17(4)22(25(37)32-20(15-16(2)3)27(39)41-10)33-24(36)21-13-12-14-34(21)26(38)19(6)30-23(35)18(5)31-28(40)42-29(7,8)9/h16-22H,11-15H2,1-10H3,(H,30,35)(H,31,40)(H,32,37)(H,33,36)/t17-,18-,19-,20-,21-,22-/m0/s1. The zero-order valence-electron chi connectivity index (χ0n) is 26.8. The van der Waals surface area contributed by atoms with Gasteiger partial charge in [-0.05, 0) is 65.7 Å². The topological polar surface area (TPSA) is 172 Å². The number of rotatable bonds is 13. The van der Waals surface area contributed by atoms with Gasteiger partial charge in [-0.25, -0.2) is 9.59 Å². The van der Waals surface area contributed by atoms with E-state index in [1.54, 1.807) is 20.8 Å². The van der Waals surface area contributed by atoms with Crippen molar-refractivity contribution >= 4 is 35.7 Å². The normalized spacial score (nSPS) is 18.6. The lowest BCUT2D eigenvalue weighted by molar-refractivity contribution is -0.146. The van der Waals surface area contributed by atoms with E-state index in [4.69, 9.17) is 9.47 Å². The maximum absolute atomic E-state index is 13.4. The SMILES string of the molecule is CC[C@H](C)[C@H](NC(=O)[C@@H]1CCCN1C(=O)[C@H](C)NC(=O)[C@H](C)NC(=O)OC(C)(C)C)C(=O)N[C@@H](CC(C)C)C(=O)OC. The van der Waals surface area contributed by atoms with Crippen LogP contribution in [0, 0.1) is 11.8 Å². The van der Waals surface area contributed by atoms with E-state index in [1.165, 1.54) is 25.9 Å². The maximum Gasteiger partial charge on any atom is 0.408 e. The summed E-state index contributed by atoms with van der Waals surface area (Å²) in [5, 5.41) is 10.5. The molecular weight excluding hydrogens is 546 g/mol.